The molecule has 1 aromatic carbocycles. The van der Waals surface area contributed by atoms with Gasteiger partial charge in [0.05, 0.1) is 11.3 Å². The summed E-state index contributed by atoms with van der Waals surface area (Å²) in [6, 6.07) is 10.3. The highest BCUT2D eigenvalue weighted by Gasteiger charge is 2.21. The molecule has 3 nitrogen and oxygen atoms in total. The van der Waals surface area contributed by atoms with E-state index in [1.165, 1.54) is 11.3 Å². The van der Waals surface area contributed by atoms with Crippen molar-refractivity contribution in [3.63, 3.8) is 0 Å². The molecule has 2 aromatic rings. The number of nitriles is 1. The highest BCUT2D eigenvalue weighted by molar-refractivity contribution is 9.10. The average Bonchev–Trinajstić information content (AvgIpc) is 2.84. The van der Waals surface area contributed by atoms with Crippen molar-refractivity contribution in [1.29, 1.82) is 5.26 Å². The van der Waals surface area contributed by atoms with Gasteiger partial charge in [0.2, 0.25) is 0 Å². The van der Waals surface area contributed by atoms with E-state index in [1.807, 2.05) is 24.4 Å². The van der Waals surface area contributed by atoms with Gasteiger partial charge in [0, 0.05) is 22.4 Å². The number of benzene rings is 1. The Kier molecular flexibility index (Phi) is 3.17. The lowest BCUT2D eigenvalue weighted by Gasteiger charge is -2.21. The van der Waals surface area contributed by atoms with Crippen molar-refractivity contribution in [1.82, 2.24) is 4.57 Å². The van der Waals surface area contributed by atoms with Gasteiger partial charge in [-0.2, -0.15) is 5.26 Å². The maximum Gasteiger partial charge on any atom is 0.101 e. The number of rotatable bonds is 1. The molecule has 3 rings (SSSR count). The third-order valence-corrected chi connectivity index (χ3v) is 4.19. The van der Waals surface area contributed by atoms with Gasteiger partial charge in [0.25, 0.3) is 0 Å². The first-order chi connectivity index (χ1) is 9.20. The van der Waals surface area contributed by atoms with Crippen LogP contribution in [0.4, 0.5) is 0 Å². The normalized spacial score (nSPS) is 17.8. The molecule has 0 amide bonds. The van der Waals surface area contributed by atoms with Crippen LogP contribution < -0.4 is 5.73 Å². The third-order valence-electron chi connectivity index (χ3n) is 3.69. The van der Waals surface area contributed by atoms with Crippen molar-refractivity contribution < 1.29 is 0 Å². The first kappa shape index (κ1) is 12.5. The van der Waals surface area contributed by atoms with Gasteiger partial charge in [-0.15, -0.1) is 0 Å². The van der Waals surface area contributed by atoms with Crippen molar-refractivity contribution in [2.45, 2.75) is 25.3 Å². The van der Waals surface area contributed by atoms with E-state index in [1.54, 1.807) is 0 Å². The smallest absolute Gasteiger partial charge is 0.101 e. The van der Waals surface area contributed by atoms with Crippen molar-refractivity contribution in [2.75, 3.05) is 0 Å². The Balaban J connectivity index is 2.16. The summed E-state index contributed by atoms with van der Waals surface area (Å²) in [6.07, 6.45) is 5.20. The molecular weight excluding hydrogens is 302 g/mol. The molecule has 0 aliphatic heterocycles. The summed E-state index contributed by atoms with van der Waals surface area (Å²) in [4.78, 5) is 0. The van der Waals surface area contributed by atoms with Crippen LogP contribution in [-0.2, 0) is 6.42 Å². The summed E-state index contributed by atoms with van der Waals surface area (Å²) >= 11 is 3.40. The maximum absolute atomic E-state index is 9.29. The van der Waals surface area contributed by atoms with E-state index in [9.17, 15) is 5.26 Å². The summed E-state index contributed by atoms with van der Waals surface area (Å²) in [5, 5.41) is 9.29. The molecule has 2 N–H and O–H groups in total. The molecule has 96 valence electrons. The second-order valence-corrected chi connectivity index (χ2v) is 5.78. The highest BCUT2D eigenvalue weighted by Crippen LogP contribution is 2.31. The molecule has 19 heavy (non-hydrogen) atoms. The van der Waals surface area contributed by atoms with Gasteiger partial charge in [-0.1, -0.05) is 15.9 Å². The molecule has 0 fully saturated rings. The van der Waals surface area contributed by atoms with Gasteiger partial charge in [-0.3, -0.25) is 0 Å². The first-order valence-corrected chi connectivity index (χ1v) is 7.15. The summed E-state index contributed by atoms with van der Waals surface area (Å²) in [5.74, 6) is 0. The Morgan fingerprint density at radius 1 is 1.37 bits per heavy atom. The minimum absolute atomic E-state index is 0.131. The summed E-state index contributed by atoms with van der Waals surface area (Å²) in [7, 11) is 0. The monoisotopic (exact) mass is 315 g/mol. The zero-order chi connectivity index (χ0) is 13.4. The maximum atomic E-state index is 9.29. The van der Waals surface area contributed by atoms with Crippen molar-refractivity contribution in [2.24, 2.45) is 5.73 Å². The number of hydrogen-bond donors (Lipinski definition) is 1. The van der Waals surface area contributed by atoms with Crippen LogP contribution in [0.1, 0.15) is 35.7 Å². The van der Waals surface area contributed by atoms with Gasteiger partial charge >= 0.3 is 0 Å². The van der Waals surface area contributed by atoms with Gasteiger partial charge in [0.1, 0.15) is 6.07 Å². The second-order valence-electron chi connectivity index (χ2n) is 4.86. The molecule has 0 spiro atoms. The van der Waals surface area contributed by atoms with Crippen molar-refractivity contribution in [3.8, 4) is 11.8 Å². The molecule has 1 unspecified atom stereocenters. The minimum atomic E-state index is 0.131. The number of hydrogen-bond acceptors (Lipinski definition) is 2. The molecule has 1 heterocycles. The third kappa shape index (κ3) is 2.09. The van der Waals surface area contributed by atoms with E-state index in [4.69, 9.17) is 5.73 Å². The Labute approximate surface area is 120 Å². The van der Waals surface area contributed by atoms with E-state index < -0.39 is 0 Å². The Morgan fingerprint density at radius 2 is 2.21 bits per heavy atom. The summed E-state index contributed by atoms with van der Waals surface area (Å²) in [6.45, 7) is 0. The van der Waals surface area contributed by atoms with Crippen LogP contribution in [0.5, 0.6) is 0 Å². The van der Waals surface area contributed by atoms with Crippen LogP contribution >= 0.6 is 15.9 Å². The number of nitrogens with two attached hydrogens (primary N) is 1. The zero-order valence-electron chi connectivity index (χ0n) is 10.4. The van der Waals surface area contributed by atoms with Crippen LogP contribution in [0, 0.1) is 11.3 Å². The van der Waals surface area contributed by atoms with E-state index in [0.717, 1.165) is 29.4 Å². The van der Waals surface area contributed by atoms with Crippen LogP contribution in [0.2, 0.25) is 0 Å². The lowest BCUT2D eigenvalue weighted by molar-refractivity contribution is 0.560. The van der Waals surface area contributed by atoms with Gasteiger partial charge in [0.15, 0.2) is 0 Å². The van der Waals surface area contributed by atoms with Crippen LogP contribution in [0.25, 0.3) is 5.69 Å². The predicted octanol–water partition coefficient (Wildman–Crippen LogP) is 3.45. The zero-order valence-corrected chi connectivity index (χ0v) is 12.0. The Hall–Kier alpha value is -1.57. The molecule has 0 bridgehead atoms. The molecular formula is C15H14BrN3. The largest absolute Gasteiger partial charge is 0.324 e. The standard InChI is InChI=1S/C15H14BrN3/c16-11-4-5-14(10(8-11)9-17)19-7-6-12-13(18)2-1-3-15(12)19/h4-8,13H,1-3,18H2. The fraction of sp³-hybridized carbons (Fsp3) is 0.267. The topological polar surface area (TPSA) is 54.7 Å². The number of nitrogens with zero attached hydrogens (tertiary/aromatic N) is 2. The molecule has 1 atom stereocenters. The number of halogens is 1. The van der Waals surface area contributed by atoms with Crippen LogP contribution in [-0.4, -0.2) is 4.57 Å². The molecule has 0 saturated carbocycles. The second kappa shape index (κ2) is 4.84. The first-order valence-electron chi connectivity index (χ1n) is 6.36. The molecule has 4 heteroatoms. The summed E-state index contributed by atoms with van der Waals surface area (Å²) < 4.78 is 3.03. The summed E-state index contributed by atoms with van der Waals surface area (Å²) in [5.41, 5.74) is 10.2. The molecule has 1 aliphatic carbocycles. The quantitative estimate of drug-likeness (QED) is 0.876. The number of aromatic nitrogens is 1. The predicted molar refractivity (Wildman–Crippen MR) is 78.1 cm³/mol. The van der Waals surface area contributed by atoms with E-state index >= 15 is 0 Å². The Morgan fingerprint density at radius 3 is 3.00 bits per heavy atom. The fourth-order valence-electron chi connectivity index (χ4n) is 2.76. The molecule has 1 aromatic heterocycles. The SMILES string of the molecule is N#Cc1cc(Br)ccc1-n1ccc2c1CCCC2N. The highest BCUT2D eigenvalue weighted by atomic mass is 79.9. The average molecular weight is 316 g/mol. The van der Waals surface area contributed by atoms with Crippen LogP contribution in [0.3, 0.4) is 0 Å². The van der Waals surface area contributed by atoms with Gasteiger partial charge in [-0.05, 0) is 49.1 Å². The van der Waals surface area contributed by atoms with Gasteiger partial charge < -0.3 is 10.3 Å². The lowest BCUT2D eigenvalue weighted by Crippen LogP contribution is -2.18. The Bertz CT molecular complexity index is 667. The van der Waals surface area contributed by atoms with E-state index in [-0.39, 0.29) is 6.04 Å². The lowest BCUT2D eigenvalue weighted by atomic mass is 9.93. The van der Waals surface area contributed by atoms with E-state index in [2.05, 4.69) is 32.6 Å². The molecule has 0 saturated heterocycles. The molecule has 1 aliphatic rings. The number of fused-ring (bicyclic) bond motifs is 1. The fourth-order valence-corrected chi connectivity index (χ4v) is 3.12. The minimum Gasteiger partial charge on any atom is -0.324 e. The van der Waals surface area contributed by atoms with E-state index in [0.29, 0.717) is 5.56 Å². The van der Waals surface area contributed by atoms with Gasteiger partial charge in [-0.25, -0.2) is 0 Å². The van der Waals surface area contributed by atoms with Crippen molar-refractivity contribution >= 4 is 15.9 Å². The molecule has 0 radical (unpaired) electrons. The van der Waals surface area contributed by atoms with Crippen molar-refractivity contribution in [3.05, 3.63) is 51.8 Å². The van der Waals surface area contributed by atoms with Crippen LogP contribution in [0.15, 0.2) is 34.9 Å².